The van der Waals surface area contributed by atoms with Gasteiger partial charge < -0.3 is 0 Å². The molecule has 0 bridgehead atoms. The van der Waals surface area contributed by atoms with Gasteiger partial charge in [-0.15, -0.1) is 0 Å². The second-order valence-corrected chi connectivity index (χ2v) is 2.53. The molecule has 60 valence electrons. The second-order valence-electron chi connectivity index (χ2n) is 1.82. The Bertz CT molecular complexity index is 251. The van der Waals surface area contributed by atoms with E-state index in [0.717, 1.165) is 0 Å². The molecule has 0 aliphatic carbocycles. The van der Waals surface area contributed by atoms with E-state index in [4.69, 9.17) is 0 Å². The van der Waals surface area contributed by atoms with Gasteiger partial charge in [0.05, 0.1) is 21.7 Å². The van der Waals surface area contributed by atoms with Gasteiger partial charge in [-0.1, -0.05) is 0 Å². The molecule has 1 heterocycles. The van der Waals surface area contributed by atoms with Crippen LogP contribution in [0.5, 0.6) is 0 Å². The molecule has 1 rings (SSSR count). The van der Waals surface area contributed by atoms with Crippen molar-refractivity contribution < 1.29 is 18.4 Å². The molecule has 0 aromatic rings. The summed E-state index contributed by atoms with van der Waals surface area (Å²) in [5.74, 6) is -1.77. The highest BCUT2D eigenvalue weighted by Gasteiger charge is 2.34. The Morgan fingerprint density at radius 3 is 2.18 bits per heavy atom. The molecule has 0 saturated heterocycles. The van der Waals surface area contributed by atoms with E-state index in [9.17, 15) is 18.4 Å². The lowest BCUT2D eigenvalue weighted by atomic mass is 10.3. The molecule has 0 saturated carbocycles. The fourth-order valence-corrected chi connectivity index (χ4v) is 0.928. The van der Waals surface area contributed by atoms with Crippen LogP contribution in [0.1, 0.15) is 0 Å². The van der Waals surface area contributed by atoms with Gasteiger partial charge >= 0.3 is 0 Å². The van der Waals surface area contributed by atoms with Crippen molar-refractivity contribution in [2.75, 3.05) is 0 Å². The summed E-state index contributed by atoms with van der Waals surface area (Å²) in [6.07, 6.45) is -2.28. The Hall–Kier alpha value is -0.780. The van der Waals surface area contributed by atoms with E-state index in [1.165, 1.54) is 0 Å². The van der Waals surface area contributed by atoms with Crippen LogP contribution in [0.15, 0.2) is 11.6 Å². The number of halogens is 3. The van der Waals surface area contributed by atoms with Gasteiger partial charge in [0, 0.05) is 6.08 Å². The minimum Gasteiger partial charge on any atom is -0.268 e. The minimum atomic E-state index is -2.89. The van der Waals surface area contributed by atoms with Gasteiger partial charge in [-0.25, -0.2) is 12.7 Å². The summed E-state index contributed by atoms with van der Waals surface area (Å²) in [4.78, 5) is 21.2. The fraction of sp³-hybridized carbons (Fsp3) is 0.200. The smallest absolute Gasteiger partial charge is 0.268 e. The first-order valence-corrected chi connectivity index (χ1v) is 3.29. The van der Waals surface area contributed by atoms with Crippen molar-refractivity contribution in [1.29, 1.82) is 0 Å². The molecule has 0 aromatic heterocycles. The fourth-order valence-electron chi connectivity index (χ4n) is 0.621. The molecular formula is C5H2BrF2NO2. The summed E-state index contributed by atoms with van der Waals surface area (Å²) < 4.78 is 24.2. The quantitative estimate of drug-likeness (QED) is 0.491. The van der Waals surface area contributed by atoms with Gasteiger partial charge in [-0.3, -0.25) is 9.59 Å². The summed E-state index contributed by atoms with van der Waals surface area (Å²) in [5.41, 5.74) is -0.771. The number of amides is 2. The first-order valence-electron chi connectivity index (χ1n) is 2.58. The lowest BCUT2D eigenvalue weighted by Crippen LogP contribution is -2.21. The number of carbonyl (C=O) groups is 2. The third-order valence-corrected chi connectivity index (χ3v) is 1.80. The number of alkyl halides is 2. The van der Waals surface area contributed by atoms with E-state index in [1.54, 1.807) is 0 Å². The third-order valence-electron chi connectivity index (χ3n) is 1.13. The van der Waals surface area contributed by atoms with Crippen molar-refractivity contribution in [1.82, 2.24) is 3.93 Å². The van der Waals surface area contributed by atoms with Crippen molar-refractivity contribution in [3.8, 4) is 0 Å². The maximum atomic E-state index is 11.8. The summed E-state index contributed by atoms with van der Waals surface area (Å²) in [7, 11) is 0. The van der Waals surface area contributed by atoms with Gasteiger partial charge in [0.15, 0.2) is 0 Å². The summed E-state index contributed by atoms with van der Waals surface area (Å²) in [6.45, 7) is 0. The van der Waals surface area contributed by atoms with Crippen LogP contribution in [0, 0.1) is 0 Å². The van der Waals surface area contributed by atoms with Gasteiger partial charge in [0.1, 0.15) is 0 Å². The topological polar surface area (TPSA) is 37.4 Å². The Kier molecular flexibility index (Phi) is 2.03. The lowest BCUT2D eigenvalue weighted by Gasteiger charge is -2.02. The van der Waals surface area contributed by atoms with Crippen molar-refractivity contribution in [3.63, 3.8) is 0 Å². The van der Waals surface area contributed by atoms with E-state index in [2.05, 4.69) is 16.1 Å². The normalized spacial score (nSPS) is 18.2. The Labute approximate surface area is 69.0 Å². The Morgan fingerprint density at radius 2 is 2.00 bits per heavy atom. The van der Waals surface area contributed by atoms with Crippen LogP contribution in [-0.2, 0) is 9.59 Å². The summed E-state index contributed by atoms with van der Waals surface area (Å²) >= 11 is 2.53. The highest BCUT2D eigenvalue weighted by Crippen LogP contribution is 2.21. The van der Waals surface area contributed by atoms with Crippen LogP contribution >= 0.6 is 16.1 Å². The van der Waals surface area contributed by atoms with E-state index < -0.39 is 23.8 Å². The highest BCUT2D eigenvalue weighted by molar-refractivity contribution is 9.08. The summed E-state index contributed by atoms with van der Waals surface area (Å²) in [5, 5.41) is 0. The van der Waals surface area contributed by atoms with Gasteiger partial charge in [-0.05, 0) is 0 Å². The molecule has 0 radical (unpaired) electrons. The average Bonchev–Trinajstić information content (AvgIpc) is 2.17. The largest absolute Gasteiger partial charge is 0.272 e. The van der Waals surface area contributed by atoms with Crippen LogP contribution in [0.3, 0.4) is 0 Å². The van der Waals surface area contributed by atoms with Crippen LogP contribution in [0.4, 0.5) is 8.78 Å². The van der Waals surface area contributed by atoms with Crippen LogP contribution < -0.4 is 0 Å². The van der Waals surface area contributed by atoms with E-state index in [1.807, 2.05) is 0 Å². The van der Waals surface area contributed by atoms with Crippen LogP contribution in [0.25, 0.3) is 0 Å². The monoisotopic (exact) mass is 225 g/mol. The SMILES string of the molecule is O=C1C=C(C(F)F)C(=O)N1Br. The minimum absolute atomic E-state index is 0.467. The molecule has 1 aliphatic heterocycles. The van der Waals surface area contributed by atoms with E-state index in [-0.39, 0.29) is 0 Å². The Morgan fingerprint density at radius 1 is 1.45 bits per heavy atom. The zero-order valence-corrected chi connectivity index (χ0v) is 6.64. The molecular weight excluding hydrogens is 224 g/mol. The molecule has 0 aromatic carbocycles. The number of imide groups is 1. The molecule has 1 aliphatic rings. The van der Waals surface area contributed by atoms with Gasteiger partial charge in [0.25, 0.3) is 18.2 Å². The van der Waals surface area contributed by atoms with Crippen molar-refractivity contribution in [2.24, 2.45) is 0 Å². The van der Waals surface area contributed by atoms with Crippen LogP contribution in [0.2, 0.25) is 0 Å². The maximum absolute atomic E-state index is 11.8. The first-order chi connectivity index (χ1) is 5.04. The zero-order valence-electron chi connectivity index (χ0n) is 5.05. The zero-order chi connectivity index (χ0) is 8.59. The molecule has 0 spiro atoms. The number of carbonyl (C=O) groups excluding carboxylic acids is 2. The van der Waals surface area contributed by atoms with Crippen molar-refractivity contribution >= 4 is 28.0 Å². The summed E-state index contributed by atoms with van der Waals surface area (Å²) in [6, 6.07) is 0. The number of nitrogens with zero attached hydrogens (tertiary/aromatic N) is 1. The van der Waals surface area contributed by atoms with Crippen molar-refractivity contribution in [3.05, 3.63) is 11.6 Å². The molecule has 3 nitrogen and oxygen atoms in total. The molecule has 6 heteroatoms. The second kappa shape index (κ2) is 2.69. The molecule has 0 atom stereocenters. The third kappa shape index (κ3) is 1.30. The average molecular weight is 226 g/mol. The molecule has 0 N–H and O–H groups in total. The van der Waals surface area contributed by atoms with Gasteiger partial charge in [-0.2, -0.15) is 0 Å². The standard InChI is InChI=1S/C5H2BrF2NO2/c6-9-3(10)1-2(4(7)8)5(9)11/h1,4H. The first kappa shape index (κ1) is 8.32. The molecule has 0 fully saturated rings. The van der Waals surface area contributed by atoms with Gasteiger partial charge in [0.2, 0.25) is 0 Å². The predicted octanol–water partition coefficient (Wildman–Crippen LogP) is 0.857. The van der Waals surface area contributed by atoms with Crippen LogP contribution in [-0.4, -0.2) is 22.2 Å². The highest BCUT2D eigenvalue weighted by atomic mass is 79.9. The molecule has 2 amide bonds. The Balaban J connectivity index is 2.93. The van der Waals surface area contributed by atoms with Crippen molar-refractivity contribution in [2.45, 2.75) is 6.43 Å². The molecule has 0 unspecified atom stereocenters. The number of hydrogen-bond acceptors (Lipinski definition) is 2. The van der Waals surface area contributed by atoms with E-state index in [0.29, 0.717) is 10.0 Å². The number of hydrogen-bond donors (Lipinski definition) is 0. The lowest BCUT2D eigenvalue weighted by molar-refractivity contribution is -0.130. The predicted molar refractivity (Wildman–Crippen MR) is 34.9 cm³/mol. The maximum Gasteiger partial charge on any atom is 0.272 e. The number of rotatable bonds is 1. The van der Waals surface area contributed by atoms with E-state index >= 15 is 0 Å². The molecule has 11 heavy (non-hydrogen) atoms.